The molecule has 1 N–H and O–H groups in total. The van der Waals surface area contributed by atoms with Crippen molar-refractivity contribution in [2.24, 2.45) is 11.3 Å². The van der Waals surface area contributed by atoms with E-state index < -0.39 is 46.9 Å². The fourth-order valence-corrected chi connectivity index (χ4v) is 5.96. The number of carbonyl (C=O) groups excluding carboxylic acids is 1. The zero-order valence-electron chi connectivity index (χ0n) is 21.2. The lowest BCUT2D eigenvalue weighted by Gasteiger charge is -2.44. The highest BCUT2D eigenvalue weighted by Crippen LogP contribution is 2.47. The van der Waals surface area contributed by atoms with Gasteiger partial charge in [0.05, 0.1) is 12.1 Å². The molecule has 2 aromatic carbocycles. The minimum atomic E-state index is -0.881. The first-order valence-corrected chi connectivity index (χ1v) is 12.7. The molecule has 0 spiro atoms. The number of alkyl carbamates (subject to hydrolysis) is 1. The van der Waals surface area contributed by atoms with Gasteiger partial charge in [-0.2, -0.15) is 0 Å². The predicted molar refractivity (Wildman–Crippen MR) is 130 cm³/mol. The highest BCUT2D eigenvalue weighted by Gasteiger charge is 2.42. The minimum Gasteiger partial charge on any atom is -0.485 e. The van der Waals surface area contributed by atoms with Crippen LogP contribution in [0.4, 0.5) is 18.0 Å². The molecule has 0 aromatic heterocycles. The Bertz CT molecular complexity index is 1150. The molecule has 3 heterocycles. The number of amides is 1. The van der Waals surface area contributed by atoms with Gasteiger partial charge in [-0.1, -0.05) is 13.8 Å². The lowest BCUT2D eigenvalue weighted by atomic mass is 9.85. The molecule has 0 saturated carbocycles. The number of rotatable bonds is 5. The molecular formula is C28H33F3N2O3. The first-order valence-electron chi connectivity index (χ1n) is 12.7. The van der Waals surface area contributed by atoms with E-state index in [0.717, 1.165) is 50.2 Å². The van der Waals surface area contributed by atoms with Gasteiger partial charge in [0.25, 0.3) is 0 Å². The number of piperidine rings is 3. The van der Waals surface area contributed by atoms with Gasteiger partial charge in [-0.15, -0.1) is 0 Å². The van der Waals surface area contributed by atoms with Crippen LogP contribution in [-0.4, -0.2) is 42.8 Å². The quantitative estimate of drug-likeness (QED) is 0.545. The number of fused-ring (bicyclic) bond motifs is 4. The smallest absolute Gasteiger partial charge is 0.407 e. The summed E-state index contributed by atoms with van der Waals surface area (Å²) in [5.74, 6) is -2.45. The Labute approximate surface area is 210 Å². The van der Waals surface area contributed by atoms with Crippen LogP contribution in [0.2, 0.25) is 0 Å². The first kappa shape index (κ1) is 24.9. The molecule has 3 aliphatic heterocycles. The normalized spacial score (nSPS) is 26.1. The molecule has 36 heavy (non-hydrogen) atoms. The van der Waals surface area contributed by atoms with Crippen molar-refractivity contribution in [2.45, 2.75) is 65.2 Å². The Morgan fingerprint density at radius 3 is 2.31 bits per heavy atom. The van der Waals surface area contributed by atoms with Crippen molar-refractivity contribution < 1.29 is 27.4 Å². The van der Waals surface area contributed by atoms with Crippen LogP contribution < -0.4 is 10.1 Å². The molecule has 0 unspecified atom stereocenters. The molecule has 5 nitrogen and oxygen atoms in total. The standard InChI is InChI=1S/C28H33F3N2O3/c1-15(2)35-25-22(30)10-17(11-23(25)31)19-9-18-13-28(3,4)26(20(18)12-21(19)29)32-27(34)36-24-14-33-7-5-16(24)6-8-33/h9-12,15-16,24,26H,5-8,13-14H2,1-4H3,(H,32,34)/t24-,26+/m1/s1. The van der Waals surface area contributed by atoms with Crippen LogP contribution in [0.15, 0.2) is 24.3 Å². The second-order valence-corrected chi connectivity index (χ2v) is 11.3. The highest BCUT2D eigenvalue weighted by atomic mass is 19.1. The Morgan fingerprint density at radius 1 is 1.06 bits per heavy atom. The summed E-state index contributed by atoms with van der Waals surface area (Å²) in [7, 11) is 0. The molecule has 4 aliphatic rings. The van der Waals surface area contributed by atoms with Crippen molar-refractivity contribution >= 4 is 6.09 Å². The predicted octanol–water partition coefficient (Wildman–Crippen LogP) is 6.00. The zero-order valence-corrected chi connectivity index (χ0v) is 21.2. The summed E-state index contributed by atoms with van der Waals surface area (Å²) < 4.78 is 55.5. The third kappa shape index (κ3) is 4.67. The molecule has 8 heteroatoms. The Morgan fingerprint density at radius 2 is 1.72 bits per heavy atom. The van der Waals surface area contributed by atoms with Crippen LogP contribution in [0.25, 0.3) is 11.1 Å². The van der Waals surface area contributed by atoms with E-state index in [0.29, 0.717) is 17.9 Å². The van der Waals surface area contributed by atoms with E-state index in [1.807, 2.05) is 13.8 Å². The largest absolute Gasteiger partial charge is 0.485 e. The lowest BCUT2D eigenvalue weighted by molar-refractivity contribution is -0.0349. The minimum absolute atomic E-state index is 0.0948. The van der Waals surface area contributed by atoms with Crippen LogP contribution in [-0.2, 0) is 11.2 Å². The van der Waals surface area contributed by atoms with Gasteiger partial charge in [-0.25, -0.2) is 18.0 Å². The van der Waals surface area contributed by atoms with Crippen molar-refractivity contribution in [1.82, 2.24) is 10.2 Å². The molecule has 3 fully saturated rings. The lowest BCUT2D eigenvalue weighted by Crippen LogP contribution is -2.53. The molecule has 194 valence electrons. The van der Waals surface area contributed by atoms with E-state index in [9.17, 15) is 13.6 Å². The molecule has 2 bridgehead atoms. The van der Waals surface area contributed by atoms with Crippen molar-refractivity contribution in [1.29, 1.82) is 0 Å². The van der Waals surface area contributed by atoms with Gasteiger partial charge >= 0.3 is 6.09 Å². The van der Waals surface area contributed by atoms with Gasteiger partial charge in [-0.3, -0.25) is 4.90 Å². The molecule has 6 rings (SSSR count). The van der Waals surface area contributed by atoms with Gasteiger partial charge in [0.1, 0.15) is 11.9 Å². The Hall–Kier alpha value is -2.74. The van der Waals surface area contributed by atoms with E-state index in [2.05, 4.69) is 10.2 Å². The maximum atomic E-state index is 15.3. The number of carbonyl (C=O) groups is 1. The second-order valence-electron chi connectivity index (χ2n) is 11.3. The summed E-state index contributed by atoms with van der Waals surface area (Å²) in [5.41, 5.74) is 1.29. The number of ether oxygens (including phenoxy) is 2. The Kier molecular flexibility index (Phi) is 6.43. The maximum Gasteiger partial charge on any atom is 0.407 e. The number of hydrogen-bond acceptors (Lipinski definition) is 4. The topological polar surface area (TPSA) is 50.8 Å². The Balaban J connectivity index is 1.38. The SMILES string of the molecule is CC(C)Oc1c(F)cc(-c2cc3c(cc2F)[C@H](NC(=O)O[C@@H]2CN4CCC2CC4)C(C)(C)C3)cc1F. The molecule has 1 aliphatic carbocycles. The number of benzene rings is 2. The fraction of sp³-hybridized carbons (Fsp3) is 0.536. The van der Waals surface area contributed by atoms with E-state index in [-0.39, 0.29) is 17.2 Å². The second kappa shape index (κ2) is 9.29. The van der Waals surface area contributed by atoms with Crippen LogP contribution in [0.1, 0.15) is 57.7 Å². The van der Waals surface area contributed by atoms with Crippen LogP contribution in [0.3, 0.4) is 0 Å². The van der Waals surface area contributed by atoms with Crippen LogP contribution in [0, 0.1) is 28.8 Å². The first-order chi connectivity index (χ1) is 17.0. The maximum absolute atomic E-state index is 15.3. The summed E-state index contributed by atoms with van der Waals surface area (Å²) in [4.78, 5) is 15.2. The van der Waals surface area contributed by atoms with Crippen molar-refractivity contribution in [3.8, 4) is 16.9 Å². The molecule has 3 saturated heterocycles. The van der Waals surface area contributed by atoms with Gasteiger partial charge in [-0.05, 0) is 98.5 Å². The van der Waals surface area contributed by atoms with Gasteiger partial charge in [0.2, 0.25) is 0 Å². The van der Waals surface area contributed by atoms with Crippen molar-refractivity contribution in [3.63, 3.8) is 0 Å². The van der Waals surface area contributed by atoms with Gasteiger partial charge in [0, 0.05) is 12.1 Å². The van der Waals surface area contributed by atoms with E-state index >= 15 is 4.39 Å². The fourth-order valence-electron chi connectivity index (χ4n) is 5.96. The zero-order chi connectivity index (χ0) is 25.8. The summed E-state index contributed by atoms with van der Waals surface area (Å²) in [5, 5.41) is 2.98. The number of halogens is 3. The molecular weight excluding hydrogens is 469 g/mol. The average Bonchev–Trinajstić information content (AvgIpc) is 3.05. The highest BCUT2D eigenvalue weighted by molar-refractivity contribution is 5.71. The van der Waals surface area contributed by atoms with Crippen LogP contribution >= 0.6 is 0 Å². The third-order valence-corrected chi connectivity index (χ3v) is 7.75. The van der Waals surface area contributed by atoms with Gasteiger partial charge < -0.3 is 14.8 Å². The summed E-state index contributed by atoms with van der Waals surface area (Å²) in [6.45, 7) is 10.2. The third-order valence-electron chi connectivity index (χ3n) is 7.75. The molecule has 2 atom stereocenters. The number of nitrogens with zero attached hydrogens (tertiary/aromatic N) is 1. The van der Waals surface area contributed by atoms with Crippen LogP contribution in [0.5, 0.6) is 5.75 Å². The van der Waals surface area contributed by atoms with Gasteiger partial charge in [0.15, 0.2) is 17.4 Å². The molecule has 0 radical (unpaired) electrons. The van der Waals surface area contributed by atoms with E-state index in [1.54, 1.807) is 19.9 Å². The van der Waals surface area contributed by atoms with E-state index in [1.165, 1.54) is 6.07 Å². The summed E-state index contributed by atoms with van der Waals surface area (Å²) in [6.07, 6.45) is 1.63. The average molecular weight is 503 g/mol. The van der Waals surface area contributed by atoms with Crippen molar-refractivity contribution in [3.05, 3.63) is 52.8 Å². The summed E-state index contributed by atoms with van der Waals surface area (Å²) >= 11 is 0. The number of nitrogens with one attached hydrogen (secondary N) is 1. The summed E-state index contributed by atoms with van der Waals surface area (Å²) in [6, 6.07) is 4.73. The van der Waals surface area contributed by atoms with Crippen molar-refractivity contribution in [2.75, 3.05) is 19.6 Å². The monoisotopic (exact) mass is 502 g/mol. The molecule has 1 amide bonds. The molecule has 2 aromatic rings. The van der Waals surface area contributed by atoms with E-state index in [4.69, 9.17) is 9.47 Å². The number of hydrogen-bond donors (Lipinski definition) is 1.